The highest BCUT2D eigenvalue weighted by atomic mass is 15.1. The third kappa shape index (κ3) is 4.43. The molecule has 2 nitrogen and oxygen atoms in total. The van der Waals surface area contributed by atoms with Gasteiger partial charge in [-0.15, -0.1) is 0 Å². The molecule has 0 aliphatic carbocycles. The first-order chi connectivity index (χ1) is 8.53. The summed E-state index contributed by atoms with van der Waals surface area (Å²) in [5, 5.41) is 0. The fourth-order valence-corrected chi connectivity index (χ4v) is 2.38. The summed E-state index contributed by atoms with van der Waals surface area (Å²) >= 11 is 0. The summed E-state index contributed by atoms with van der Waals surface area (Å²) in [7, 11) is 0. The molecule has 1 unspecified atom stereocenters. The fourth-order valence-electron chi connectivity index (χ4n) is 2.38. The van der Waals surface area contributed by atoms with Crippen LogP contribution in [0.4, 0.5) is 0 Å². The SMILES string of the molecule is CCN(CC)CC(C)(CN)Cc1ccc(C)cc1. The summed E-state index contributed by atoms with van der Waals surface area (Å²) in [6.45, 7) is 12.9. The van der Waals surface area contributed by atoms with Gasteiger partial charge in [-0.3, -0.25) is 0 Å². The number of aryl methyl sites for hydroxylation is 1. The van der Waals surface area contributed by atoms with Crippen molar-refractivity contribution in [2.45, 2.75) is 34.1 Å². The number of benzene rings is 1. The number of hydrogen-bond acceptors (Lipinski definition) is 2. The van der Waals surface area contributed by atoms with E-state index in [1.807, 2.05) is 0 Å². The molecule has 1 aromatic rings. The van der Waals surface area contributed by atoms with E-state index in [4.69, 9.17) is 5.73 Å². The van der Waals surface area contributed by atoms with E-state index in [0.717, 1.165) is 32.6 Å². The van der Waals surface area contributed by atoms with Crippen LogP contribution in [0.1, 0.15) is 31.9 Å². The van der Waals surface area contributed by atoms with E-state index in [2.05, 4.69) is 56.9 Å². The molecule has 102 valence electrons. The van der Waals surface area contributed by atoms with E-state index in [1.165, 1.54) is 11.1 Å². The molecule has 0 saturated carbocycles. The van der Waals surface area contributed by atoms with Gasteiger partial charge in [-0.25, -0.2) is 0 Å². The molecule has 0 heterocycles. The Morgan fingerprint density at radius 3 is 2.11 bits per heavy atom. The van der Waals surface area contributed by atoms with Crippen LogP contribution in [-0.4, -0.2) is 31.1 Å². The zero-order valence-corrected chi connectivity index (χ0v) is 12.4. The van der Waals surface area contributed by atoms with Gasteiger partial charge in [0.05, 0.1) is 0 Å². The molecule has 0 aliphatic rings. The minimum absolute atomic E-state index is 0.168. The lowest BCUT2D eigenvalue weighted by Crippen LogP contribution is -2.42. The normalized spacial score (nSPS) is 14.8. The Hall–Kier alpha value is -0.860. The first-order valence-electron chi connectivity index (χ1n) is 7.01. The van der Waals surface area contributed by atoms with Crippen LogP contribution in [0.25, 0.3) is 0 Å². The molecule has 0 aromatic heterocycles. The van der Waals surface area contributed by atoms with Crippen molar-refractivity contribution in [3.05, 3.63) is 35.4 Å². The molecule has 0 bridgehead atoms. The van der Waals surface area contributed by atoms with E-state index in [0.29, 0.717) is 0 Å². The Morgan fingerprint density at radius 1 is 1.11 bits per heavy atom. The van der Waals surface area contributed by atoms with Crippen LogP contribution in [0.3, 0.4) is 0 Å². The Kier molecular flexibility index (Phi) is 5.83. The van der Waals surface area contributed by atoms with Gasteiger partial charge in [0, 0.05) is 6.54 Å². The molecule has 0 saturated heterocycles. The summed E-state index contributed by atoms with van der Waals surface area (Å²) in [4.78, 5) is 2.46. The van der Waals surface area contributed by atoms with Crippen LogP contribution in [-0.2, 0) is 6.42 Å². The monoisotopic (exact) mass is 248 g/mol. The van der Waals surface area contributed by atoms with Gasteiger partial charge in [0.25, 0.3) is 0 Å². The van der Waals surface area contributed by atoms with Crippen molar-refractivity contribution in [3.63, 3.8) is 0 Å². The van der Waals surface area contributed by atoms with Crippen LogP contribution in [0.2, 0.25) is 0 Å². The molecule has 1 atom stereocenters. The highest BCUT2D eigenvalue weighted by Gasteiger charge is 2.25. The van der Waals surface area contributed by atoms with Crippen LogP contribution < -0.4 is 5.73 Å². The lowest BCUT2D eigenvalue weighted by atomic mass is 9.83. The van der Waals surface area contributed by atoms with Gasteiger partial charge in [0.2, 0.25) is 0 Å². The zero-order valence-electron chi connectivity index (χ0n) is 12.4. The second-order valence-electron chi connectivity index (χ2n) is 5.64. The molecule has 18 heavy (non-hydrogen) atoms. The van der Waals surface area contributed by atoms with Crippen molar-refractivity contribution in [1.29, 1.82) is 0 Å². The van der Waals surface area contributed by atoms with E-state index in [-0.39, 0.29) is 5.41 Å². The van der Waals surface area contributed by atoms with Crippen molar-refractivity contribution in [2.75, 3.05) is 26.2 Å². The van der Waals surface area contributed by atoms with Gasteiger partial charge < -0.3 is 10.6 Å². The minimum atomic E-state index is 0.168. The largest absolute Gasteiger partial charge is 0.330 e. The lowest BCUT2D eigenvalue weighted by molar-refractivity contribution is 0.181. The predicted octanol–water partition coefficient (Wildman–Crippen LogP) is 2.84. The Balaban J connectivity index is 2.72. The molecule has 1 aromatic carbocycles. The summed E-state index contributed by atoms with van der Waals surface area (Å²) in [5.41, 5.74) is 8.89. The average Bonchev–Trinajstić information content (AvgIpc) is 2.39. The van der Waals surface area contributed by atoms with Gasteiger partial charge in [-0.05, 0) is 44.0 Å². The molecule has 0 fully saturated rings. The van der Waals surface area contributed by atoms with E-state index in [1.54, 1.807) is 0 Å². The van der Waals surface area contributed by atoms with Gasteiger partial charge in [-0.1, -0.05) is 50.6 Å². The first-order valence-corrected chi connectivity index (χ1v) is 7.01. The highest BCUT2D eigenvalue weighted by molar-refractivity contribution is 5.22. The topological polar surface area (TPSA) is 29.3 Å². The van der Waals surface area contributed by atoms with Crippen LogP contribution >= 0.6 is 0 Å². The molecule has 1 rings (SSSR count). The maximum atomic E-state index is 6.02. The average molecular weight is 248 g/mol. The second-order valence-corrected chi connectivity index (χ2v) is 5.64. The number of rotatable bonds is 7. The molecule has 0 aliphatic heterocycles. The van der Waals surface area contributed by atoms with Crippen molar-refractivity contribution in [1.82, 2.24) is 4.90 Å². The van der Waals surface area contributed by atoms with Crippen LogP contribution in [0.15, 0.2) is 24.3 Å². The Labute approximate surface area is 112 Å². The lowest BCUT2D eigenvalue weighted by Gasteiger charge is -2.34. The third-order valence-electron chi connectivity index (χ3n) is 3.74. The van der Waals surface area contributed by atoms with Crippen LogP contribution in [0, 0.1) is 12.3 Å². The van der Waals surface area contributed by atoms with Crippen molar-refractivity contribution in [2.24, 2.45) is 11.1 Å². The van der Waals surface area contributed by atoms with Gasteiger partial charge in [0.15, 0.2) is 0 Å². The highest BCUT2D eigenvalue weighted by Crippen LogP contribution is 2.23. The summed E-state index contributed by atoms with van der Waals surface area (Å²) in [6.07, 6.45) is 1.06. The van der Waals surface area contributed by atoms with Crippen molar-refractivity contribution >= 4 is 0 Å². The summed E-state index contributed by atoms with van der Waals surface area (Å²) in [6, 6.07) is 8.82. The van der Waals surface area contributed by atoms with Crippen molar-refractivity contribution in [3.8, 4) is 0 Å². The first kappa shape index (κ1) is 15.2. The van der Waals surface area contributed by atoms with Gasteiger partial charge in [0.1, 0.15) is 0 Å². The number of nitrogens with zero attached hydrogens (tertiary/aromatic N) is 1. The zero-order chi connectivity index (χ0) is 13.6. The Morgan fingerprint density at radius 2 is 1.67 bits per heavy atom. The Bertz CT molecular complexity index is 341. The van der Waals surface area contributed by atoms with E-state index in [9.17, 15) is 0 Å². The second kappa shape index (κ2) is 6.91. The smallest absolute Gasteiger partial charge is 0.00504 e. The molecule has 0 radical (unpaired) electrons. The molecular formula is C16H28N2. The number of hydrogen-bond donors (Lipinski definition) is 1. The molecule has 0 spiro atoms. The fraction of sp³-hybridized carbons (Fsp3) is 0.625. The number of nitrogens with two attached hydrogens (primary N) is 1. The summed E-state index contributed by atoms with van der Waals surface area (Å²) < 4.78 is 0. The van der Waals surface area contributed by atoms with Gasteiger partial charge >= 0.3 is 0 Å². The minimum Gasteiger partial charge on any atom is -0.330 e. The van der Waals surface area contributed by atoms with Crippen LogP contribution in [0.5, 0.6) is 0 Å². The maximum absolute atomic E-state index is 6.02. The van der Waals surface area contributed by atoms with E-state index < -0.39 is 0 Å². The van der Waals surface area contributed by atoms with Gasteiger partial charge in [-0.2, -0.15) is 0 Å². The molecular weight excluding hydrogens is 220 g/mol. The summed E-state index contributed by atoms with van der Waals surface area (Å²) in [5.74, 6) is 0. The molecule has 2 heteroatoms. The van der Waals surface area contributed by atoms with E-state index >= 15 is 0 Å². The van der Waals surface area contributed by atoms with Crippen molar-refractivity contribution < 1.29 is 0 Å². The maximum Gasteiger partial charge on any atom is 0.00504 e. The predicted molar refractivity (Wildman–Crippen MR) is 79.8 cm³/mol. The third-order valence-corrected chi connectivity index (χ3v) is 3.74. The molecule has 2 N–H and O–H groups in total. The standard InChI is InChI=1S/C16H28N2/c1-5-18(6-2)13-16(4,12-17)11-15-9-7-14(3)8-10-15/h7-10H,5-6,11-13,17H2,1-4H3. The molecule has 0 amide bonds. The quantitative estimate of drug-likeness (QED) is 0.804.